The van der Waals surface area contributed by atoms with Crippen molar-refractivity contribution in [1.29, 1.82) is 0 Å². The largest absolute Gasteiger partial charge is 0.496 e. The molecule has 0 amide bonds. The number of unbranched alkanes of at least 4 members (excludes halogenated alkanes) is 1. The second kappa shape index (κ2) is 9.38. The quantitative estimate of drug-likeness (QED) is 0.313. The summed E-state index contributed by atoms with van der Waals surface area (Å²) in [6.45, 7) is 4.90. The number of benzene rings is 1. The highest BCUT2D eigenvalue weighted by Crippen LogP contribution is 2.31. The van der Waals surface area contributed by atoms with E-state index in [1.54, 1.807) is 7.11 Å². The van der Waals surface area contributed by atoms with Gasteiger partial charge in [-0.2, -0.15) is 0 Å². The van der Waals surface area contributed by atoms with Crippen LogP contribution in [0.5, 0.6) is 5.75 Å². The lowest BCUT2D eigenvalue weighted by molar-refractivity contribution is 0.408. The summed E-state index contributed by atoms with van der Waals surface area (Å²) < 4.78 is 11.0. The van der Waals surface area contributed by atoms with E-state index in [1.807, 2.05) is 35.0 Å². The number of rotatable bonds is 8. The summed E-state index contributed by atoms with van der Waals surface area (Å²) in [6, 6.07) is 12.1. The van der Waals surface area contributed by atoms with Gasteiger partial charge in [-0.25, -0.2) is 15.1 Å². The van der Waals surface area contributed by atoms with Crippen molar-refractivity contribution in [3.8, 4) is 23.0 Å². The van der Waals surface area contributed by atoms with E-state index in [9.17, 15) is 0 Å². The van der Waals surface area contributed by atoms with E-state index in [2.05, 4.69) is 72.1 Å². The second-order valence-corrected chi connectivity index (χ2v) is 8.95. The van der Waals surface area contributed by atoms with Crippen LogP contribution in [-0.4, -0.2) is 46.8 Å². The molecule has 0 aliphatic rings. The van der Waals surface area contributed by atoms with Crippen molar-refractivity contribution in [2.45, 2.75) is 39.7 Å². The zero-order valence-electron chi connectivity index (χ0n) is 19.3. The molecule has 10 heteroatoms. The van der Waals surface area contributed by atoms with Gasteiger partial charge >= 0.3 is 0 Å². The molecular formula is C24H25BrN8O. The van der Waals surface area contributed by atoms with Gasteiger partial charge in [-0.3, -0.25) is 0 Å². The van der Waals surface area contributed by atoms with E-state index < -0.39 is 0 Å². The predicted molar refractivity (Wildman–Crippen MR) is 133 cm³/mol. The zero-order chi connectivity index (χ0) is 23.7. The fraction of sp³-hybridized carbons (Fsp3) is 0.292. The second-order valence-electron chi connectivity index (χ2n) is 8.14. The van der Waals surface area contributed by atoms with Crippen LogP contribution in [0.15, 0.2) is 47.2 Å². The van der Waals surface area contributed by atoms with E-state index in [-0.39, 0.29) is 0 Å². The number of pyridine rings is 1. The molecule has 0 fully saturated rings. The SMILES string of the molecule is CCCCc1nc2c(C)ccnc2n1Cc1ccc(-n2c(Br)ccc2-c2nnn[nH]2)cc1OC. The van der Waals surface area contributed by atoms with Crippen LogP contribution < -0.4 is 4.74 Å². The summed E-state index contributed by atoms with van der Waals surface area (Å²) in [6.07, 6.45) is 4.96. The molecule has 4 aromatic heterocycles. The number of halogens is 1. The minimum absolute atomic E-state index is 0.584. The number of fused-ring (bicyclic) bond motifs is 1. The summed E-state index contributed by atoms with van der Waals surface area (Å²) >= 11 is 3.64. The third-order valence-electron chi connectivity index (χ3n) is 5.95. The Bertz CT molecular complexity index is 1440. The monoisotopic (exact) mass is 520 g/mol. The summed E-state index contributed by atoms with van der Waals surface area (Å²) in [4.78, 5) is 9.60. The number of H-pyrrole nitrogens is 1. The average molecular weight is 521 g/mol. The lowest BCUT2D eigenvalue weighted by Crippen LogP contribution is -2.08. The summed E-state index contributed by atoms with van der Waals surface area (Å²) in [5.41, 5.74) is 5.83. The maximum absolute atomic E-state index is 5.83. The lowest BCUT2D eigenvalue weighted by Gasteiger charge is -2.15. The summed E-state index contributed by atoms with van der Waals surface area (Å²) in [5, 5.41) is 14.3. The molecule has 4 heterocycles. The first-order chi connectivity index (χ1) is 16.6. The number of hydrogen-bond donors (Lipinski definition) is 1. The Labute approximate surface area is 205 Å². The van der Waals surface area contributed by atoms with Crippen LogP contribution in [0.1, 0.15) is 36.7 Å². The number of aromatic nitrogens is 8. The van der Waals surface area contributed by atoms with Crippen LogP contribution in [0, 0.1) is 6.92 Å². The molecule has 0 bridgehead atoms. The highest BCUT2D eigenvalue weighted by molar-refractivity contribution is 9.10. The van der Waals surface area contributed by atoms with Gasteiger partial charge in [0.05, 0.1) is 29.6 Å². The van der Waals surface area contributed by atoms with Crippen LogP contribution in [0.25, 0.3) is 28.4 Å². The topological polar surface area (TPSA) is 99.3 Å². The minimum Gasteiger partial charge on any atom is -0.496 e. The number of methoxy groups -OCH3 is 1. The van der Waals surface area contributed by atoms with Gasteiger partial charge in [-0.1, -0.05) is 19.4 Å². The highest BCUT2D eigenvalue weighted by atomic mass is 79.9. The Balaban J connectivity index is 1.56. The van der Waals surface area contributed by atoms with Crippen LogP contribution in [0.3, 0.4) is 0 Å². The molecule has 34 heavy (non-hydrogen) atoms. The molecule has 0 aliphatic carbocycles. The molecule has 0 spiro atoms. The maximum Gasteiger partial charge on any atom is 0.196 e. The van der Waals surface area contributed by atoms with Crippen LogP contribution in [0.2, 0.25) is 0 Å². The van der Waals surface area contributed by atoms with Gasteiger partial charge in [0.25, 0.3) is 0 Å². The Morgan fingerprint density at radius 1 is 1.15 bits per heavy atom. The van der Waals surface area contributed by atoms with Crippen molar-refractivity contribution in [3.63, 3.8) is 0 Å². The van der Waals surface area contributed by atoms with Crippen molar-refractivity contribution in [3.05, 3.63) is 64.1 Å². The molecular weight excluding hydrogens is 496 g/mol. The number of aryl methyl sites for hydroxylation is 2. The number of tetrazole rings is 1. The highest BCUT2D eigenvalue weighted by Gasteiger charge is 2.18. The van der Waals surface area contributed by atoms with Gasteiger partial charge in [-0.15, -0.1) is 5.10 Å². The Hall–Kier alpha value is -3.53. The van der Waals surface area contributed by atoms with Crippen molar-refractivity contribution in [2.24, 2.45) is 0 Å². The van der Waals surface area contributed by atoms with Crippen LogP contribution >= 0.6 is 15.9 Å². The number of ether oxygens (including phenoxy) is 1. The van der Waals surface area contributed by atoms with E-state index in [1.165, 1.54) is 0 Å². The third kappa shape index (κ3) is 3.98. The van der Waals surface area contributed by atoms with E-state index in [0.717, 1.165) is 69.1 Å². The molecule has 0 aliphatic heterocycles. The van der Waals surface area contributed by atoms with E-state index in [4.69, 9.17) is 9.72 Å². The van der Waals surface area contributed by atoms with Crippen molar-refractivity contribution in [2.75, 3.05) is 7.11 Å². The lowest BCUT2D eigenvalue weighted by atomic mass is 10.1. The molecule has 174 valence electrons. The zero-order valence-corrected chi connectivity index (χ0v) is 20.9. The fourth-order valence-electron chi connectivity index (χ4n) is 4.18. The molecule has 0 saturated heterocycles. The van der Waals surface area contributed by atoms with Crippen molar-refractivity contribution >= 4 is 27.1 Å². The summed E-state index contributed by atoms with van der Waals surface area (Å²) in [5.74, 6) is 2.43. The van der Waals surface area contributed by atoms with E-state index in [0.29, 0.717) is 12.4 Å². The molecule has 1 aromatic carbocycles. The van der Waals surface area contributed by atoms with Crippen molar-refractivity contribution < 1.29 is 4.74 Å². The first-order valence-corrected chi connectivity index (χ1v) is 12.0. The van der Waals surface area contributed by atoms with Gasteiger partial charge in [0.15, 0.2) is 11.5 Å². The Morgan fingerprint density at radius 3 is 2.79 bits per heavy atom. The third-order valence-corrected chi connectivity index (χ3v) is 6.57. The number of nitrogens with one attached hydrogen (secondary N) is 1. The van der Waals surface area contributed by atoms with Gasteiger partial charge < -0.3 is 13.9 Å². The van der Waals surface area contributed by atoms with Crippen LogP contribution in [0.4, 0.5) is 0 Å². The van der Waals surface area contributed by atoms with E-state index >= 15 is 0 Å². The molecule has 5 aromatic rings. The standard InChI is InChI=1S/C24H25BrN8O/c1-4-5-6-21-27-22-15(2)11-12-26-24(22)32(21)14-16-7-8-17(13-19(16)34-3)33-18(9-10-20(33)25)23-28-30-31-29-23/h7-13H,4-6,14H2,1-3H3,(H,28,29,30,31). The number of aromatic amines is 1. The number of imidazole rings is 1. The van der Waals surface area contributed by atoms with Gasteiger partial charge in [0, 0.05) is 24.2 Å². The minimum atomic E-state index is 0.584. The Kier molecular flexibility index (Phi) is 6.14. The Morgan fingerprint density at radius 2 is 2.03 bits per heavy atom. The van der Waals surface area contributed by atoms with Crippen LogP contribution in [-0.2, 0) is 13.0 Å². The van der Waals surface area contributed by atoms with Crippen molar-refractivity contribution in [1.82, 2.24) is 39.7 Å². The van der Waals surface area contributed by atoms with Gasteiger partial charge in [-0.05, 0) is 69.5 Å². The molecule has 5 rings (SSSR count). The predicted octanol–water partition coefficient (Wildman–Crippen LogP) is 4.87. The van der Waals surface area contributed by atoms with Gasteiger partial charge in [0.1, 0.15) is 17.1 Å². The molecule has 1 N–H and O–H groups in total. The molecule has 0 radical (unpaired) electrons. The number of nitrogens with zero attached hydrogens (tertiary/aromatic N) is 7. The maximum atomic E-state index is 5.83. The summed E-state index contributed by atoms with van der Waals surface area (Å²) in [7, 11) is 1.70. The first-order valence-electron chi connectivity index (χ1n) is 11.2. The average Bonchev–Trinajstić information content (AvgIpc) is 3.58. The molecule has 0 saturated carbocycles. The van der Waals surface area contributed by atoms with Gasteiger partial charge in [0.2, 0.25) is 0 Å². The first kappa shape index (κ1) is 22.3. The molecule has 0 atom stereocenters. The smallest absolute Gasteiger partial charge is 0.196 e. The molecule has 0 unspecified atom stereocenters. The number of hydrogen-bond acceptors (Lipinski definition) is 6. The fourth-order valence-corrected chi connectivity index (χ4v) is 4.70. The normalized spacial score (nSPS) is 11.4. The molecule has 9 nitrogen and oxygen atoms in total.